The number of carbonyl (C=O) groups is 1. The first-order valence-electron chi connectivity index (χ1n) is 12.7. The van der Waals surface area contributed by atoms with Gasteiger partial charge in [-0.2, -0.15) is 0 Å². The van der Waals surface area contributed by atoms with Crippen LogP contribution in [0.4, 0.5) is 13.2 Å². The van der Waals surface area contributed by atoms with Gasteiger partial charge in [0.2, 0.25) is 16.4 Å². The maximum absolute atomic E-state index is 14.7. The van der Waals surface area contributed by atoms with Crippen LogP contribution in [-0.4, -0.2) is 58.1 Å². The topological polar surface area (TPSA) is 75.7 Å². The highest BCUT2D eigenvalue weighted by Crippen LogP contribution is 2.45. The van der Waals surface area contributed by atoms with Crippen LogP contribution in [0, 0.1) is 18.7 Å². The van der Waals surface area contributed by atoms with E-state index in [-0.39, 0.29) is 23.9 Å². The summed E-state index contributed by atoms with van der Waals surface area (Å²) in [4.78, 5) is 14.3. The van der Waals surface area contributed by atoms with Crippen molar-refractivity contribution in [1.29, 1.82) is 0 Å². The van der Waals surface area contributed by atoms with E-state index in [9.17, 15) is 26.4 Å². The zero-order chi connectivity index (χ0) is 27.6. The Kier molecular flexibility index (Phi) is 8.94. The maximum Gasteiger partial charge on any atom is 0.267 e. The zero-order valence-corrected chi connectivity index (χ0v) is 22.9. The molecule has 1 saturated heterocycles. The van der Waals surface area contributed by atoms with Crippen LogP contribution in [0.15, 0.2) is 30.3 Å². The van der Waals surface area contributed by atoms with Gasteiger partial charge in [0, 0.05) is 17.6 Å². The van der Waals surface area contributed by atoms with Gasteiger partial charge in [0.1, 0.15) is 11.6 Å². The third kappa shape index (κ3) is 7.64. The number of amides is 1. The van der Waals surface area contributed by atoms with Gasteiger partial charge in [-0.05, 0) is 92.4 Å². The van der Waals surface area contributed by atoms with Crippen molar-refractivity contribution < 1.29 is 31.1 Å². The van der Waals surface area contributed by atoms with E-state index in [1.54, 1.807) is 22.9 Å². The Bertz CT molecular complexity index is 1260. The molecule has 1 amide bonds. The zero-order valence-electron chi connectivity index (χ0n) is 21.4. The summed E-state index contributed by atoms with van der Waals surface area (Å²) in [5, 5.41) is 0.451. The number of carbonyl (C=O) groups excluding carboxylic acids is 1. The van der Waals surface area contributed by atoms with Gasteiger partial charge >= 0.3 is 0 Å². The second kappa shape index (κ2) is 11.8. The Balaban J connectivity index is 1.35. The number of hydrogen-bond donors (Lipinski definition) is 1. The molecule has 0 bridgehead atoms. The molecule has 1 heterocycles. The number of hydrogen-bond acceptors (Lipinski definition) is 5. The van der Waals surface area contributed by atoms with Gasteiger partial charge in [-0.1, -0.05) is 17.7 Å². The predicted molar refractivity (Wildman–Crippen MR) is 140 cm³/mol. The van der Waals surface area contributed by atoms with E-state index in [1.165, 1.54) is 6.07 Å². The molecule has 1 N–H and O–H groups in total. The molecule has 0 radical (unpaired) electrons. The number of benzene rings is 2. The Morgan fingerprint density at radius 1 is 1.13 bits per heavy atom. The first kappa shape index (κ1) is 28.7. The molecule has 0 spiro atoms. The Morgan fingerprint density at radius 3 is 2.39 bits per heavy atom. The summed E-state index contributed by atoms with van der Waals surface area (Å²) < 4.78 is 73.1. The minimum atomic E-state index is -3.83. The van der Waals surface area contributed by atoms with E-state index in [0.717, 1.165) is 43.6 Å². The van der Waals surface area contributed by atoms with Gasteiger partial charge in [0.25, 0.3) is 5.91 Å². The van der Waals surface area contributed by atoms with Crippen LogP contribution in [0.1, 0.15) is 64.6 Å². The molecular weight excluding hydrogens is 541 g/mol. The van der Waals surface area contributed by atoms with Crippen molar-refractivity contribution in [1.82, 2.24) is 9.62 Å². The highest BCUT2D eigenvalue weighted by atomic mass is 35.5. The summed E-state index contributed by atoms with van der Waals surface area (Å²) >= 11 is 6.10. The minimum Gasteiger partial charge on any atom is -0.493 e. The van der Waals surface area contributed by atoms with Crippen LogP contribution >= 0.6 is 11.6 Å². The third-order valence-electron chi connectivity index (χ3n) is 7.07. The number of nitrogens with zero attached hydrogens (tertiary/aromatic N) is 1. The molecule has 1 aliphatic heterocycles. The molecule has 2 fully saturated rings. The molecule has 6 nitrogen and oxygen atoms in total. The largest absolute Gasteiger partial charge is 0.493 e. The second-order valence-corrected chi connectivity index (χ2v) is 12.6. The van der Waals surface area contributed by atoms with Crippen molar-refractivity contribution >= 4 is 27.5 Å². The monoisotopic (exact) mass is 572 g/mol. The number of ether oxygens (including phenoxy) is 1. The first-order chi connectivity index (χ1) is 17.9. The fourth-order valence-corrected chi connectivity index (χ4v) is 5.68. The van der Waals surface area contributed by atoms with E-state index >= 15 is 0 Å². The first-order valence-corrected chi connectivity index (χ1v) is 14.9. The van der Waals surface area contributed by atoms with Crippen LogP contribution in [0.25, 0.3) is 0 Å². The Morgan fingerprint density at radius 2 is 1.82 bits per heavy atom. The minimum absolute atomic E-state index is 0.138. The van der Waals surface area contributed by atoms with E-state index in [4.69, 9.17) is 16.3 Å². The lowest BCUT2D eigenvalue weighted by atomic mass is 9.93. The summed E-state index contributed by atoms with van der Waals surface area (Å²) in [5.74, 6) is -2.12. The molecule has 0 unspecified atom stereocenters. The van der Waals surface area contributed by atoms with E-state index in [1.807, 2.05) is 11.8 Å². The highest BCUT2D eigenvalue weighted by molar-refractivity contribution is 7.89. The average molecular weight is 573 g/mol. The lowest BCUT2D eigenvalue weighted by molar-refractivity contribution is 0.0733. The molecule has 11 heteroatoms. The van der Waals surface area contributed by atoms with E-state index < -0.39 is 34.1 Å². The molecule has 2 aliphatic rings. The summed E-state index contributed by atoms with van der Waals surface area (Å²) in [6.07, 6.45) is 1.59. The fraction of sp³-hybridized carbons (Fsp3) is 0.519. The molecule has 38 heavy (non-hydrogen) atoms. The molecule has 4 rings (SSSR count). The quantitative estimate of drug-likeness (QED) is 0.407. The van der Waals surface area contributed by atoms with Crippen LogP contribution in [0.3, 0.4) is 0 Å². The molecular formula is C27H32ClF3N2O4S. The van der Waals surface area contributed by atoms with Crippen LogP contribution < -0.4 is 9.46 Å². The standard InChI is InChI=1S/C27H32ClF3N2O4S/c1-16-9-19(11-20(28)10-16)23(26(30)31)14-33-7-5-17(6-8-33)15-37-25-13-24(29)22(12-21(25)18-3-4-18)27(34)32-38(2,35)36/h9-13,17-18,23,26H,3-8,14-15H2,1-2H3,(H,32,34)/t23-/m1/s1. The lowest BCUT2D eigenvalue weighted by Crippen LogP contribution is -2.39. The summed E-state index contributed by atoms with van der Waals surface area (Å²) in [7, 11) is -3.83. The van der Waals surface area contributed by atoms with Crippen molar-refractivity contribution in [2.24, 2.45) is 5.92 Å². The number of rotatable bonds is 10. The molecule has 2 aromatic rings. The average Bonchev–Trinajstić information content (AvgIpc) is 3.65. The number of piperidine rings is 1. The van der Waals surface area contributed by atoms with Gasteiger partial charge < -0.3 is 9.64 Å². The van der Waals surface area contributed by atoms with Gasteiger partial charge in [-0.25, -0.2) is 26.3 Å². The van der Waals surface area contributed by atoms with Crippen LogP contribution in [0.5, 0.6) is 5.75 Å². The molecule has 208 valence electrons. The number of alkyl halides is 2. The number of aryl methyl sites for hydroxylation is 1. The van der Waals surface area contributed by atoms with Crippen molar-refractivity contribution in [3.8, 4) is 5.75 Å². The van der Waals surface area contributed by atoms with E-state index in [0.29, 0.717) is 41.6 Å². The van der Waals surface area contributed by atoms with Gasteiger partial charge in [0.05, 0.1) is 24.3 Å². The highest BCUT2D eigenvalue weighted by Gasteiger charge is 2.31. The summed E-state index contributed by atoms with van der Waals surface area (Å²) in [5.41, 5.74) is 1.75. The molecule has 2 aromatic carbocycles. The molecule has 1 saturated carbocycles. The normalized spacial score (nSPS) is 18.0. The Hall–Kier alpha value is -2.30. The van der Waals surface area contributed by atoms with Crippen molar-refractivity contribution in [2.45, 2.75) is 50.9 Å². The summed E-state index contributed by atoms with van der Waals surface area (Å²) in [6.45, 7) is 3.70. The van der Waals surface area contributed by atoms with Crippen molar-refractivity contribution in [3.63, 3.8) is 0 Å². The van der Waals surface area contributed by atoms with Crippen LogP contribution in [0.2, 0.25) is 5.02 Å². The van der Waals surface area contributed by atoms with Gasteiger partial charge in [0.15, 0.2) is 0 Å². The smallest absolute Gasteiger partial charge is 0.267 e. The number of halogens is 4. The van der Waals surface area contributed by atoms with Gasteiger partial charge in [-0.15, -0.1) is 0 Å². The van der Waals surface area contributed by atoms with Gasteiger partial charge in [-0.3, -0.25) is 4.79 Å². The molecule has 0 aromatic heterocycles. The second-order valence-electron chi connectivity index (χ2n) is 10.4. The lowest BCUT2D eigenvalue weighted by Gasteiger charge is -2.34. The number of nitrogens with one attached hydrogen (secondary N) is 1. The number of sulfonamides is 1. The maximum atomic E-state index is 14.7. The van der Waals surface area contributed by atoms with Crippen molar-refractivity contribution in [2.75, 3.05) is 32.5 Å². The number of likely N-dealkylation sites (tertiary alicyclic amines) is 1. The summed E-state index contributed by atoms with van der Waals surface area (Å²) in [6, 6.07) is 7.65. The molecule has 1 aliphatic carbocycles. The fourth-order valence-electron chi connectivity index (χ4n) is 4.94. The third-order valence-corrected chi connectivity index (χ3v) is 7.85. The van der Waals surface area contributed by atoms with E-state index in [2.05, 4.69) is 0 Å². The van der Waals surface area contributed by atoms with Crippen molar-refractivity contribution in [3.05, 3.63) is 63.4 Å². The molecule has 1 atom stereocenters. The SMILES string of the molecule is Cc1cc(Cl)cc([C@@H](CN2CCC(COc3cc(F)c(C(=O)NS(C)(=O)=O)cc3C3CC3)CC2)C(F)F)c1. The van der Waals surface area contributed by atoms with Crippen LogP contribution in [-0.2, 0) is 10.0 Å². The Labute approximate surface area is 226 Å². The predicted octanol–water partition coefficient (Wildman–Crippen LogP) is 5.49.